The van der Waals surface area contributed by atoms with Crippen molar-refractivity contribution in [3.05, 3.63) is 56.0 Å². The number of rotatable bonds is 5. The Bertz CT molecular complexity index is 792. The summed E-state index contributed by atoms with van der Waals surface area (Å²) in [5, 5.41) is 13.5. The second kappa shape index (κ2) is 8.30. The molecule has 0 heterocycles. The summed E-state index contributed by atoms with van der Waals surface area (Å²) < 4.78 is 6.77. The number of ether oxygens (including phenoxy) is 1. The molecule has 2 aromatic rings. The summed E-state index contributed by atoms with van der Waals surface area (Å²) in [6.07, 6.45) is 1.44. The third-order valence-electron chi connectivity index (χ3n) is 3.15. The smallest absolute Gasteiger partial charge is 0.277 e. The molecule has 0 bridgehead atoms. The van der Waals surface area contributed by atoms with E-state index in [1.807, 2.05) is 32.0 Å². The van der Waals surface area contributed by atoms with Crippen LogP contribution in [0.5, 0.6) is 11.5 Å². The average Bonchev–Trinajstić information content (AvgIpc) is 2.51. The fourth-order valence-corrected chi connectivity index (χ4v) is 3.06. The molecule has 0 aliphatic rings. The lowest BCUT2D eigenvalue weighted by molar-refractivity contribution is -0.123. The molecule has 0 radical (unpaired) electrons. The van der Waals surface area contributed by atoms with Gasteiger partial charge in [0, 0.05) is 10.0 Å². The van der Waals surface area contributed by atoms with Crippen molar-refractivity contribution >= 4 is 44.0 Å². The molecular formula is C17H16Br2N2O3. The number of aryl methyl sites for hydroxylation is 2. The first kappa shape index (κ1) is 18.5. The zero-order chi connectivity index (χ0) is 17.7. The summed E-state index contributed by atoms with van der Waals surface area (Å²) in [5.41, 5.74) is 5.12. The first-order chi connectivity index (χ1) is 11.4. The Morgan fingerprint density at radius 3 is 2.71 bits per heavy atom. The zero-order valence-electron chi connectivity index (χ0n) is 13.1. The molecule has 2 aromatic carbocycles. The largest absolute Gasteiger partial charge is 0.507 e. The fraction of sp³-hybridized carbons (Fsp3) is 0.176. The predicted molar refractivity (Wildman–Crippen MR) is 101 cm³/mol. The van der Waals surface area contributed by atoms with Crippen LogP contribution in [-0.4, -0.2) is 23.8 Å². The highest BCUT2D eigenvalue weighted by Gasteiger charge is 2.06. The quantitative estimate of drug-likeness (QED) is 0.527. The Kier molecular flexibility index (Phi) is 6.39. The number of hydrazone groups is 1. The molecule has 0 unspecified atom stereocenters. The zero-order valence-corrected chi connectivity index (χ0v) is 16.3. The van der Waals surface area contributed by atoms with Crippen molar-refractivity contribution in [2.45, 2.75) is 13.8 Å². The Labute approximate surface area is 157 Å². The van der Waals surface area contributed by atoms with Gasteiger partial charge in [-0.25, -0.2) is 5.43 Å². The first-order valence-corrected chi connectivity index (χ1v) is 8.65. The molecule has 0 fully saturated rings. The Hall–Kier alpha value is -1.86. The summed E-state index contributed by atoms with van der Waals surface area (Å²) in [7, 11) is 0. The van der Waals surface area contributed by atoms with E-state index in [0.29, 0.717) is 15.8 Å². The molecular weight excluding hydrogens is 440 g/mol. The molecule has 24 heavy (non-hydrogen) atoms. The lowest BCUT2D eigenvalue weighted by atomic mass is 10.1. The van der Waals surface area contributed by atoms with E-state index in [0.717, 1.165) is 15.6 Å². The SMILES string of the molecule is Cc1ccc(OCC(=O)NN=Cc2cc(O)c(Br)cc2Br)c(C)c1. The lowest BCUT2D eigenvalue weighted by Gasteiger charge is -2.08. The third-order valence-corrected chi connectivity index (χ3v) is 4.47. The third kappa shape index (κ3) is 5.07. The molecule has 2 N–H and O–H groups in total. The van der Waals surface area contributed by atoms with Crippen LogP contribution in [0.3, 0.4) is 0 Å². The number of aromatic hydroxyl groups is 1. The van der Waals surface area contributed by atoms with Crippen molar-refractivity contribution < 1.29 is 14.6 Å². The molecule has 7 heteroatoms. The van der Waals surface area contributed by atoms with Gasteiger partial charge in [-0.3, -0.25) is 4.79 Å². The number of carbonyl (C=O) groups excluding carboxylic acids is 1. The molecule has 0 aliphatic heterocycles. The number of hydrogen-bond donors (Lipinski definition) is 2. The molecule has 5 nitrogen and oxygen atoms in total. The topological polar surface area (TPSA) is 70.9 Å². The van der Waals surface area contributed by atoms with Crippen molar-refractivity contribution in [2.24, 2.45) is 5.10 Å². The number of nitrogens with zero attached hydrogens (tertiary/aromatic N) is 1. The van der Waals surface area contributed by atoms with Gasteiger partial charge in [0.05, 0.1) is 10.7 Å². The van der Waals surface area contributed by atoms with Gasteiger partial charge in [-0.05, 0) is 53.5 Å². The molecule has 0 aliphatic carbocycles. The number of hydrogen-bond acceptors (Lipinski definition) is 4. The van der Waals surface area contributed by atoms with E-state index in [9.17, 15) is 9.90 Å². The Morgan fingerprint density at radius 2 is 2.00 bits per heavy atom. The molecule has 1 amide bonds. The van der Waals surface area contributed by atoms with Crippen LogP contribution in [0.2, 0.25) is 0 Å². The van der Waals surface area contributed by atoms with Crippen LogP contribution >= 0.6 is 31.9 Å². The van der Waals surface area contributed by atoms with E-state index in [4.69, 9.17) is 4.74 Å². The minimum Gasteiger partial charge on any atom is -0.507 e. The van der Waals surface area contributed by atoms with E-state index < -0.39 is 0 Å². The molecule has 0 saturated carbocycles. The Balaban J connectivity index is 1.90. The van der Waals surface area contributed by atoms with Gasteiger partial charge in [0.2, 0.25) is 0 Å². The van der Waals surface area contributed by atoms with Crippen LogP contribution in [0.15, 0.2) is 44.4 Å². The van der Waals surface area contributed by atoms with Gasteiger partial charge in [0.25, 0.3) is 5.91 Å². The van der Waals surface area contributed by atoms with Crippen molar-refractivity contribution in [3.63, 3.8) is 0 Å². The summed E-state index contributed by atoms with van der Waals surface area (Å²) >= 11 is 6.57. The molecule has 2 rings (SSSR count). The minimum absolute atomic E-state index is 0.0872. The maximum Gasteiger partial charge on any atom is 0.277 e. The van der Waals surface area contributed by atoms with E-state index in [-0.39, 0.29) is 18.3 Å². The lowest BCUT2D eigenvalue weighted by Crippen LogP contribution is -2.24. The van der Waals surface area contributed by atoms with Crippen molar-refractivity contribution in [1.82, 2.24) is 5.43 Å². The van der Waals surface area contributed by atoms with E-state index in [1.54, 1.807) is 6.07 Å². The van der Waals surface area contributed by atoms with Gasteiger partial charge >= 0.3 is 0 Å². The highest BCUT2D eigenvalue weighted by molar-refractivity contribution is 9.11. The van der Waals surface area contributed by atoms with Crippen molar-refractivity contribution in [1.29, 1.82) is 0 Å². The highest BCUT2D eigenvalue weighted by atomic mass is 79.9. The van der Waals surface area contributed by atoms with E-state index in [1.165, 1.54) is 12.3 Å². The summed E-state index contributed by atoms with van der Waals surface area (Å²) in [6.45, 7) is 3.79. The Morgan fingerprint density at radius 1 is 1.25 bits per heavy atom. The number of phenols is 1. The minimum atomic E-state index is -0.372. The van der Waals surface area contributed by atoms with E-state index in [2.05, 4.69) is 42.4 Å². The average molecular weight is 456 g/mol. The number of phenolic OH excluding ortho intramolecular Hbond substituents is 1. The molecule has 0 spiro atoms. The number of benzene rings is 2. The van der Waals surface area contributed by atoms with Gasteiger partial charge in [0.15, 0.2) is 6.61 Å². The van der Waals surface area contributed by atoms with Gasteiger partial charge in [0.1, 0.15) is 11.5 Å². The van der Waals surface area contributed by atoms with Crippen LogP contribution in [0, 0.1) is 13.8 Å². The standard InChI is InChI=1S/C17H16Br2N2O3/c1-10-3-4-16(11(2)5-10)24-9-17(23)21-20-8-12-6-15(22)14(19)7-13(12)18/h3-8,22H,9H2,1-2H3,(H,21,23). The number of nitrogens with one attached hydrogen (secondary N) is 1. The van der Waals surface area contributed by atoms with Crippen molar-refractivity contribution in [2.75, 3.05) is 6.61 Å². The summed E-state index contributed by atoms with van der Waals surface area (Å²) in [6, 6.07) is 8.97. The normalized spacial score (nSPS) is 10.8. The van der Waals surface area contributed by atoms with Crippen LogP contribution < -0.4 is 10.2 Å². The maximum absolute atomic E-state index is 11.8. The summed E-state index contributed by atoms with van der Waals surface area (Å²) in [5.74, 6) is 0.383. The number of carbonyl (C=O) groups is 1. The van der Waals surface area contributed by atoms with Crippen LogP contribution in [0.1, 0.15) is 16.7 Å². The molecule has 126 valence electrons. The fourth-order valence-electron chi connectivity index (χ4n) is 1.96. The van der Waals surface area contributed by atoms with Gasteiger partial charge in [-0.1, -0.05) is 33.6 Å². The van der Waals surface area contributed by atoms with Crippen molar-refractivity contribution in [3.8, 4) is 11.5 Å². The monoisotopic (exact) mass is 454 g/mol. The highest BCUT2D eigenvalue weighted by Crippen LogP contribution is 2.29. The van der Waals surface area contributed by atoms with Gasteiger partial charge in [-0.2, -0.15) is 5.10 Å². The number of halogens is 2. The second-order valence-electron chi connectivity index (χ2n) is 5.18. The van der Waals surface area contributed by atoms with Gasteiger partial charge < -0.3 is 9.84 Å². The van der Waals surface area contributed by atoms with E-state index >= 15 is 0 Å². The molecule has 0 aromatic heterocycles. The molecule has 0 saturated heterocycles. The van der Waals surface area contributed by atoms with Gasteiger partial charge in [-0.15, -0.1) is 0 Å². The van der Waals surface area contributed by atoms with Crippen LogP contribution in [0.4, 0.5) is 0 Å². The summed E-state index contributed by atoms with van der Waals surface area (Å²) in [4.78, 5) is 11.8. The van der Waals surface area contributed by atoms with Crippen LogP contribution in [0.25, 0.3) is 0 Å². The maximum atomic E-state index is 11.8. The number of amides is 1. The van der Waals surface area contributed by atoms with Crippen LogP contribution in [-0.2, 0) is 4.79 Å². The second-order valence-corrected chi connectivity index (χ2v) is 6.88. The first-order valence-electron chi connectivity index (χ1n) is 7.07. The molecule has 0 atom stereocenters. The predicted octanol–water partition coefficient (Wildman–Crippen LogP) is 4.06.